The van der Waals surface area contributed by atoms with Gasteiger partial charge in [-0.05, 0) is 55.3 Å². The zero-order valence-electron chi connectivity index (χ0n) is 19.5. The third-order valence-electron chi connectivity index (χ3n) is 5.15. The maximum absolute atomic E-state index is 12.8. The van der Waals surface area contributed by atoms with Crippen molar-refractivity contribution in [2.75, 3.05) is 0 Å². The zero-order chi connectivity index (χ0) is 26.6. The van der Waals surface area contributed by atoms with Crippen molar-refractivity contribution in [3.8, 4) is 11.5 Å². The van der Waals surface area contributed by atoms with Crippen LogP contribution in [0.3, 0.4) is 0 Å². The van der Waals surface area contributed by atoms with Gasteiger partial charge in [-0.2, -0.15) is 0 Å². The number of rotatable bonds is 10. The molecular weight excluding hydrogens is 544 g/mol. The molecule has 0 unspecified atom stereocenters. The topological polar surface area (TPSA) is 134 Å². The highest BCUT2D eigenvalue weighted by molar-refractivity contribution is 9.10. The van der Waals surface area contributed by atoms with Crippen LogP contribution in [0.25, 0.3) is 0 Å². The van der Waals surface area contributed by atoms with Gasteiger partial charge in [0.2, 0.25) is 0 Å². The number of phenols is 1. The number of hydrogen-bond donors (Lipinski definition) is 4. The van der Waals surface area contributed by atoms with Crippen LogP contribution in [0.4, 0.5) is 4.79 Å². The number of carbonyl (C=O) groups excluding carboxylic acids is 3. The minimum absolute atomic E-state index is 0.146. The smallest absolute Gasteiger partial charge is 0.414 e. The number of para-hydroxylation sites is 1. The van der Waals surface area contributed by atoms with Crippen LogP contribution in [0.1, 0.15) is 34.9 Å². The summed E-state index contributed by atoms with van der Waals surface area (Å²) in [5.41, 5.74) is 2.02. The Hall–Kier alpha value is -4.15. The first-order valence-electron chi connectivity index (χ1n) is 11.2. The van der Waals surface area contributed by atoms with E-state index in [1.807, 2.05) is 6.07 Å². The zero-order valence-corrected chi connectivity index (χ0v) is 21.1. The molecule has 9 nitrogen and oxygen atoms in total. The van der Waals surface area contributed by atoms with E-state index in [2.05, 4.69) is 21.2 Å². The minimum atomic E-state index is -1.15. The maximum Gasteiger partial charge on any atom is 0.414 e. The van der Waals surface area contributed by atoms with Crippen molar-refractivity contribution < 1.29 is 34.2 Å². The summed E-state index contributed by atoms with van der Waals surface area (Å²) < 4.78 is 12.4. The van der Waals surface area contributed by atoms with Crippen molar-refractivity contribution >= 4 is 33.8 Å². The van der Waals surface area contributed by atoms with E-state index >= 15 is 0 Å². The molecule has 4 N–H and O–H groups in total. The SMILES string of the molecule is O=C(/C=C/CC[C@H](Oc1ccccc1)[C@@H](OC(=O)NC(=O)c1ccccc1)c1cc(Br)ccc1O)NO. The summed E-state index contributed by atoms with van der Waals surface area (Å²) in [4.78, 5) is 36.6. The molecule has 0 bridgehead atoms. The number of phenolic OH excluding ortho intramolecular Hbond substituents is 1. The van der Waals surface area contributed by atoms with Crippen LogP contribution in [-0.4, -0.2) is 34.3 Å². The standard InChI is InChI=1S/C27H25BrN2O7/c28-19-15-16-22(31)21(17-19)25(37-27(34)29-26(33)18-9-3-1-4-10-18)23(13-7-8-14-24(32)30-35)36-20-11-5-2-6-12-20/h1-6,8-12,14-17,23,25,31,35H,7,13H2,(H,30,32)(H,29,33,34)/b14-8+/t23-,25-/m0/s1. The van der Waals surface area contributed by atoms with E-state index in [0.29, 0.717) is 16.6 Å². The van der Waals surface area contributed by atoms with Crippen molar-refractivity contribution in [3.63, 3.8) is 0 Å². The average Bonchev–Trinajstić information content (AvgIpc) is 2.91. The lowest BCUT2D eigenvalue weighted by Crippen LogP contribution is -2.36. The Kier molecular flexibility index (Phi) is 10.2. The number of benzene rings is 3. The van der Waals surface area contributed by atoms with Crippen molar-refractivity contribution in [2.24, 2.45) is 0 Å². The van der Waals surface area contributed by atoms with Gasteiger partial charge in [0.05, 0.1) is 0 Å². The van der Waals surface area contributed by atoms with Crippen LogP contribution in [0.5, 0.6) is 11.5 Å². The van der Waals surface area contributed by atoms with Crippen molar-refractivity contribution in [2.45, 2.75) is 25.0 Å². The summed E-state index contributed by atoms with van der Waals surface area (Å²) >= 11 is 3.36. The Morgan fingerprint density at radius 1 is 0.973 bits per heavy atom. The molecule has 3 aromatic rings. The monoisotopic (exact) mass is 568 g/mol. The number of halogens is 1. The molecule has 3 rings (SSSR count). The third kappa shape index (κ3) is 8.48. The third-order valence-corrected chi connectivity index (χ3v) is 5.64. The van der Waals surface area contributed by atoms with Crippen molar-refractivity contribution in [1.29, 1.82) is 0 Å². The average molecular weight is 569 g/mol. The number of alkyl carbamates (subject to hydrolysis) is 1. The van der Waals surface area contributed by atoms with E-state index in [4.69, 9.17) is 14.7 Å². The molecule has 192 valence electrons. The van der Waals surface area contributed by atoms with Gasteiger partial charge in [0, 0.05) is 21.7 Å². The Bertz CT molecular complexity index is 1240. The number of amides is 3. The van der Waals surface area contributed by atoms with E-state index in [1.165, 1.54) is 17.6 Å². The molecule has 0 saturated carbocycles. The van der Waals surface area contributed by atoms with Gasteiger partial charge in [-0.25, -0.2) is 10.3 Å². The second kappa shape index (κ2) is 13.8. The molecule has 3 aromatic carbocycles. The number of allylic oxidation sites excluding steroid dienone is 1. The lowest BCUT2D eigenvalue weighted by molar-refractivity contribution is -0.124. The Morgan fingerprint density at radius 3 is 2.32 bits per heavy atom. The molecule has 0 fully saturated rings. The highest BCUT2D eigenvalue weighted by atomic mass is 79.9. The van der Waals surface area contributed by atoms with Gasteiger partial charge in [-0.1, -0.05) is 58.4 Å². The van der Waals surface area contributed by atoms with Gasteiger partial charge in [-0.15, -0.1) is 0 Å². The van der Waals surface area contributed by atoms with E-state index in [9.17, 15) is 19.5 Å². The first-order chi connectivity index (χ1) is 17.9. The molecule has 0 aliphatic rings. The first kappa shape index (κ1) is 27.4. The number of nitrogens with one attached hydrogen (secondary N) is 2. The summed E-state index contributed by atoms with van der Waals surface area (Å²) in [6, 6.07) is 21.6. The van der Waals surface area contributed by atoms with Gasteiger partial charge in [0.15, 0.2) is 6.10 Å². The van der Waals surface area contributed by atoms with Gasteiger partial charge >= 0.3 is 6.09 Å². The van der Waals surface area contributed by atoms with Gasteiger partial charge < -0.3 is 14.6 Å². The largest absolute Gasteiger partial charge is 0.508 e. The molecule has 0 heterocycles. The van der Waals surface area contributed by atoms with E-state index in [-0.39, 0.29) is 23.3 Å². The first-order valence-corrected chi connectivity index (χ1v) is 12.0. The van der Waals surface area contributed by atoms with Crippen LogP contribution in [-0.2, 0) is 9.53 Å². The summed E-state index contributed by atoms with van der Waals surface area (Å²) in [7, 11) is 0. The number of hydroxylamine groups is 1. The molecule has 0 aliphatic carbocycles. The fraction of sp³-hybridized carbons (Fsp3) is 0.148. The number of aromatic hydroxyl groups is 1. The van der Waals surface area contributed by atoms with Gasteiger partial charge in [0.1, 0.15) is 17.6 Å². The van der Waals surface area contributed by atoms with Crippen LogP contribution < -0.4 is 15.5 Å². The Balaban J connectivity index is 1.90. The molecule has 0 radical (unpaired) electrons. The Labute approximate surface area is 221 Å². The molecule has 3 amide bonds. The second-order valence-electron chi connectivity index (χ2n) is 7.77. The van der Waals surface area contributed by atoms with Crippen molar-refractivity contribution in [3.05, 3.63) is 107 Å². The molecule has 2 atom stereocenters. The summed E-state index contributed by atoms with van der Waals surface area (Å²) in [6.07, 6.45) is 0.171. The molecule has 37 heavy (non-hydrogen) atoms. The number of imide groups is 1. The molecule has 0 saturated heterocycles. The quantitative estimate of drug-likeness (QED) is 0.153. The Morgan fingerprint density at radius 2 is 1.65 bits per heavy atom. The van der Waals surface area contributed by atoms with Crippen LogP contribution in [0.15, 0.2) is 95.5 Å². The molecule has 0 spiro atoms. The van der Waals surface area contributed by atoms with Crippen LogP contribution >= 0.6 is 15.9 Å². The van der Waals surface area contributed by atoms with Gasteiger partial charge in [-0.3, -0.25) is 20.1 Å². The summed E-state index contributed by atoms with van der Waals surface area (Å²) in [5.74, 6) is -1.02. The normalized spacial score (nSPS) is 12.4. The predicted molar refractivity (Wildman–Crippen MR) is 138 cm³/mol. The number of hydrogen-bond acceptors (Lipinski definition) is 7. The number of carbonyl (C=O) groups is 3. The van der Waals surface area contributed by atoms with E-state index in [0.717, 1.165) is 6.08 Å². The fourth-order valence-electron chi connectivity index (χ4n) is 3.43. The summed E-state index contributed by atoms with van der Waals surface area (Å²) in [6.45, 7) is 0. The maximum atomic E-state index is 12.8. The number of ether oxygens (including phenoxy) is 2. The van der Waals surface area contributed by atoms with E-state index in [1.54, 1.807) is 66.7 Å². The lowest BCUT2D eigenvalue weighted by atomic mass is 9.99. The highest BCUT2D eigenvalue weighted by Gasteiger charge is 2.32. The predicted octanol–water partition coefficient (Wildman–Crippen LogP) is 5.05. The second-order valence-corrected chi connectivity index (χ2v) is 8.69. The molecule has 0 aromatic heterocycles. The highest BCUT2D eigenvalue weighted by Crippen LogP contribution is 2.35. The molecular formula is C27H25BrN2O7. The molecule has 0 aliphatic heterocycles. The van der Waals surface area contributed by atoms with E-state index < -0.39 is 30.1 Å². The minimum Gasteiger partial charge on any atom is -0.508 e. The van der Waals surface area contributed by atoms with Crippen LogP contribution in [0, 0.1) is 0 Å². The van der Waals surface area contributed by atoms with Gasteiger partial charge in [0.25, 0.3) is 11.8 Å². The van der Waals surface area contributed by atoms with Crippen molar-refractivity contribution in [1.82, 2.24) is 10.8 Å². The lowest BCUT2D eigenvalue weighted by Gasteiger charge is -2.28. The molecule has 10 heteroatoms. The summed E-state index contributed by atoms with van der Waals surface area (Å²) in [5, 5.41) is 21.5. The fourth-order valence-corrected chi connectivity index (χ4v) is 3.80. The van der Waals surface area contributed by atoms with Crippen LogP contribution in [0.2, 0.25) is 0 Å².